The topological polar surface area (TPSA) is 40.5 Å². The average molecular weight is 214 g/mol. The molecule has 0 aliphatic carbocycles. The van der Waals surface area contributed by atoms with E-state index < -0.39 is 0 Å². The van der Waals surface area contributed by atoms with Crippen molar-refractivity contribution in [1.29, 1.82) is 0 Å². The van der Waals surface area contributed by atoms with E-state index in [-0.39, 0.29) is 5.75 Å². The molecule has 2 aromatic carbocycles. The van der Waals surface area contributed by atoms with Gasteiger partial charge in [-0.2, -0.15) is 0 Å². The summed E-state index contributed by atoms with van der Waals surface area (Å²) in [5, 5.41) is 19.0. The maximum atomic E-state index is 9.66. The Morgan fingerprint density at radius 2 is 1.62 bits per heavy atom. The molecule has 0 amide bonds. The lowest BCUT2D eigenvalue weighted by atomic mass is 9.96. The van der Waals surface area contributed by atoms with Crippen LogP contribution in [-0.2, 0) is 0 Å². The van der Waals surface area contributed by atoms with Gasteiger partial charge in [0, 0.05) is 0 Å². The standard InChI is InChI=1S/C14H14O2/c1-9-8-11(15)6-7-12(9)13-4-3-5-14(16)10(13)2/h3-8,15-16H,1-2H3. The first-order valence-corrected chi connectivity index (χ1v) is 5.18. The van der Waals surface area contributed by atoms with Crippen molar-refractivity contribution in [1.82, 2.24) is 0 Å². The minimum atomic E-state index is 0.263. The first kappa shape index (κ1) is 10.6. The molecule has 0 aromatic heterocycles. The molecule has 0 saturated carbocycles. The minimum Gasteiger partial charge on any atom is -0.508 e. The fourth-order valence-electron chi connectivity index (χ4n) is 1.87. The summed E-state index contributed by atoms with van der Waals surface area (Å²) in [6.07, 6.45) is 0. The van der Waals surface area contributed by atoms with Gasteiger partial charge < -0.3 is 10.2 Å². The molecular weight excluding hydrogens is 200 g/mol. The lowest BCUT2D eigenvalue weighted by Gasteiger charge is -2.10. The van der Waals surface area contributed by atoms with Crippen molar-refractivity contribution >= 4 is 0 Å². The number of hydrogen-bond acceptors (Lipinski definition) is 2. The highest BCUT2D eigenvalue weighted by Crippen LogP contribution is 2.32. The summed E-state index contributed by atoms with van der Waals surface area (Å²) in [6, 6.07) is 10.7. The second kappa shape index (κ2) is 3.89. The zero-order valence-electron chi connectivity index (χ0n) is 9.36. The lowest BCUT2D eigenvalue weighted by molar-refractivity contribution is 0.471. The molecule has 0 aliphatic heterocycles. The van der Waals surface area contributed by atoms with Crippen LogP contribution in [0, 0.1) is 13.8 Å². The van der Waals surface area contributed by atoms with E-state index in [1.54, 1.807) is 18.2 Å². The van der Waals surface area contributed by atoms with E-state index in [0.717, 1.165) is 22.3 Å². The molecule has 2 heteroatoms. The van der Waals surface area contributed by atoms with Crippen molar-refractivity contribution in [2.45, 2.75) is 13.8 Å². The summed E-state index contributed by atoms with van der Waals surface area (Å²) in [5.41, 5.74) is 3.88. The van der Waals surface area contributed by atoms with Gasteiger partial charge in [-0.05, 0) is 54.3 Å². The van der Waals surface area contributed by atoms with Crippen LogP contribution < -0.4 is 0 Å². The molecule has 0 heterocycles. The van der Waals surface area contributed by atoms with Gasteiger partial charge >= 0.3 is 0 Å². The third kappa shape index (κ3) is 1.74. The highest BCUT2D eigenvalue weighted by atomic mass is 16.3. The van der Waals surface area contributed by atoms with Crippen LogP contribution in [0.15, 0.2) is 36.4 Å². The highest BCUT2D eigenvalue weighted by molar-refractivity contribution is 5.73. The summed E-state index contributed by atoms with van der Waals surface area (Å²) >= 11 is 0. The Bertz CT molecular complexity index is 530. The Morgan fingerprint density at radius 1 is 0.875 bits per heavy atom. The Balaban J connectivity index is 2.63. The predicted octanol–water partition coefficient (Wildman–Crippen LogP) is 3.38. The number of benzene rings is 2. The van der Waals surface area contributed by atoms with Crippen LogP contribution in [0.3, 0.4) is 0 Å². The number of aromatic hydroxyl groups is 2. The van der Waals surface area contributed by atoms with E-state index in [4.69, 9.17) is 0 Å². The molecule has 0 bridgehead atoms. The van der Waals surface area contributed by atoms with Gasteiger partial charge in [0.15, 0.2) is 0 Å². The van der Waals surface area contributed by atoms with E-state index in [2.05, 4.69) is 0 Å². The number of rotatable bonds is 1. The van der Waals surface area contributed by atoms with Crippen LogP contribution in [-0.4, -0.2) is 10.2 Å². The molecule has 0 atom stereocenters. The van der Waals surface area contributed by atoms with E-state index in [1.807, 2.05) is 32.0 Å². The normalized spacial score (nSPS) is 10.4. The Hall–Kier alpha value is -1.96. The minimum absolute atomic E-state index is 0.263. The molecule has 2 aromatic rings. The van der Waals surface area contributed by atoms with Gasteiger partial charge in [-0.1, -0.05) is 18.2 Å². The summed E-state index contributed by atoms with van der Waals surface area (Å²) in [6.45, 7) is 3.83. The lowest BCUT2D eigenvalue weighted by Crippen LogP contribution is -1.87. The molecule has 0 unspecified atom stereocenters. The third-order valence-corrected chi connectivity index (χ3v) is 2.81. The second-order valence-corrected chi connectivity index (χ2v) is 3.95. The maximum absolute atomic E-state index is 9.66. The zero-order valence-corrected chi connectivity index (χ0v) is 9.36. The van der Waals surface area contributed by atoms with Crippen LogP contribution >= 0.6 is 0 Å². The predicted molar refractivity (Wildman–Crippen MR) is 64.7 cm³/mol. The summed E-state index contributed by atoms with van der Waals surface area (Å²) < 4.78 is 0. The van der Waals surface area contributed by atoms with E-state index in [1.165, 1.54) is 0 Å². The van der Waals surface area contributed by atoms with Crippen LogP contribution in [0.5, 0.6) is 11.5 Å². The van der Waals surface area contributed by atoms with Gasteiger partial charge in [-0.15, -0.1) is 0 Å². The smallest absolute Gasteiger partial charge is 0.119 e. The Morgan fingerprint density at radius 3 is 2.31 bits per heavy atom. The highest BCUT2D eigenvalue weighted by Gasteiger charge is 2.07. The number of phenols is 2. The van der Waals surface area contributed by atoms with Gasteiger partial charge in [0.1, 0.15) is 11.5 Å². The van der Waals surface area contributed by atoms with Gasteiger partial charge in [0.25, 0.3) is 0 Å². The fourth-order valence-corrected chi connectivity index (χ4v) is 1.87. The Labute approximate surface area is 94.8 Å². The average Bonchev–Trinajstić information content (AvgIpc) is 2.23. The van der Waals surface area contributed by atoms with E-state index in [0.29, 0.717) is 5.75 Å². The van der Waals surface area contributed by atoms with E-state index >= 15 is 0 Å². The number of aryl methyl sites for hydroxylation is 1. The fraction of sp³-hybridized carbons (Fsp3) is 0.143. The molecule has 2 rings (SSSR count). The quantitative estimate of drug-likeness (QED) is 0.764. The van der Waals surface area contributed by atoms with Gasteiger partial charge in [0.2, 0.25) is 0 Å². The number of phenolic OH excluding ortho intramolecular Hbond substituents is 2. The molecule has 16 heavy (non-hydrogen) atoms. The van der Waals surface area contributed by atoms with Crippen molar-refractivity contribution in [3.05, 3.63) is 47.5 Å². The molecule has 0 radical (unpaired) electrons. The van der Waals surface area contributed by atoms with Crippen LogP contribution in [0.2, 0.25) is 0 Å². The van der Waals surface area contributed by atoms with Crippen LogP contribution in [0.4, 0.5) is 0 Å². The van der Waals surface area contributed by atoms with Crippen molar-refractivity contribution in [2.24, 2.45) is 0 Å². The van der Waals surface area contributed by atoms with Crippen molar-refractivity contribution in [3.63, 3.8) is 0 Å². The molecular formula is C14H14O2. The monoisotopic (exact) mass is 214 g/mol. The number of hydrogen-bond donors (Lipinski definition) is 2. The summed E-state index contributed by atoms with van der Waals surface area (Å²) in [7, 11) is 0. The molecule has 82 valence electrons. The van der Waals surface area contributed by atoms with Crippen LogP contribution in [0.25, 0.3) is 11.1 Å². The molecule has 0 aliphatic rings. The molecule has 0 spiro atoms. The summed E-state index contributed by atoms with van der Waals surface area (Å²) in [4.78, 5) is 0. The molecule has 0 fully saturated rings. The van der Waals surface area contributed by atoms with Crippen molar-refractivity contribution in [2.75, 3.05) is 0 Å². The molecule has 2 nitrogen and oxygen atoms in total. The van der Waals surface area contributed by atoms with Gasteiger partial charge in [-0.3, -0.25) is 0 Å². The van der Waals surface area contributed by atoms with Gasteiger partial charge in [0.05, 0.1) is 0 Å². The third-order valence-electron chi connectivity index (χ3n) is 2.81. The Kier molecular flexibility index (Phi) is 2.57. The first-order chi connectivity index (χ1) is 7.59. The van der Waals surface area contributed by atoms with Gasteiger partial charge in [-0.25, -0.2) is 0 Å². The SMILES string of the molecule is Cc1cc(O)ccc1-c1cccc(O)c1C. The zero-order chi connectivity index (χ0) is 11.7. The van der Waals surface area contributed by atoms with E-state index in [9.17, 15) is 10.2 Å². The largest absolute Gasteiger partial charge is 0.508 e. The molecule has 0 saturated heterocycles. The summed E-state index contributed by atoms with van der Waals surface area (Å²) in [5.74, 6) is 0.559. The maximum Gasteiger partial charge on any atom is 0.119 e. The second-order valence-electron chi connectivity index (χ2n) is 3.95. The molecule has 2 N–H and O–H groups in total. The van der Waals surface area contributed by atoms with Crippen molar-refractivity contribution in [3.8, 4) is 22.6 Å². The van der Waals surface area contributed by atoms with Crippen LogP contribution in [0.1, 0.15) is 11.1 Å². The van der Waals surface area contributed by atoms with Crippen molar-refractivity contribution < 1.29 is 10.2 Å². The first-order valence-electron chi connectivity index (χ1n) is 5.18.